The Balaban J connectivity index is 2.36. The van der Waals surface area contributed by atoms with Crippen LogP contribution in [0, 0.1) is 5.92 Å². The van der Waals surface area contributed by atoms with Crippen LogP contribution in [0.5, 0.6) is 0 Å². The topological polar surface area (TPSA) is 32.3 Å². The van der Waals surface area contributed by atoms with Crippen LogP contribution in [0.15, 0.2) is 0 Å². The average molecular weight is 198 g/mol. The number of hydrogen-bond donors (Lipinski definition) is 1. The molecule has 0 aromatic rings. The number of likely N-dealkylation sites (tertiary alicyclic amines) is 1. The highest BCUT2D eigenvalue weighted by molar-refractivity contribution is 5.79. The summed E-state index contributed by atoms with van der Waals surface area (Å²) in [5, 5.41) is 3.05. The fourth-order valence-electron chi connectivity index (χ4n) is 1.84. The largest absolute Gasteiger partial charge is 0.353 e. The number of carbonyl (C=O) groups excluding carboxylic acids is 1. The predicted molar refractivity (Wildman–Crippen MR) is 58.1 cm³/mol. The van der Waals surface area contributed by atoms with Crippen LogP contribution in [-0.4, -0.2) is 37.0 Å². The Morgan fingerprint density at radius 2 is 2.36 bits per heavy atom. The summed E-state index contributed by atoms with van der Waals surface area (Å²) in [6, 6.07) is 0.315. The summed E-state index contributed by atoms with van der Waals surface area (Å²) in [5.41, 5.74) is 0. The summed E-state index contributed by atoms with van der Waals surface area (Å²) in [5.74, 6) is 0.452. The third kappa shape index (κ3) is 3.29. The van der Waals surface area contributed by atoms with Gasteiger partial charge >= 0.3 is 0 Å². The first kappa shape index (κ1) is 11.5. The lowest BCUT2D eigenvalue weighted by Crippen LogP contribution is -2.43. The first-order valence-electron chi connectivity index (χ1n) is 5.62. The van der Waals surface area contributed by atoms with Crippen molar-refractivity contribution in [2.24, 2.45) is 5.92 Å². The minimum absolute atomic E-state index is 0.211. The van der Waals surface area contributed by atoms with Crippen LogP contribution < -0.4 is 5.32 Å². The lowest BCUT2D eigenvalue weighted by Gasteiger charge is -2.29. The summed E-state index contributed by atoms with van der Waals surface area (Å²) in [6.07, 6.45) is 3.20. The Hall–Kier alpha value is -0.570. The zero-order chi connectivity index (χ0) is 10.6. The van der Waals surface area contributed by atoms with Crippen molar-refractivity contribution < 1.29 is 4.79 Å². The Morgan fingerprint density at radius 1 is 1.64 bits per heavy atom. The Bertz CT molecular complexity index is 194. The lowest BCUT2D eigenvalue weighted by atomic mass is 9.97. The monoisotopic (exact) mass is 198 g/mol. The van der Waals surface area contributed by atoms with Crippen LogP contribution in [0.25, 0.3) is 0 Å². The number of nitrogens with one attached hydrogen (secondary N) is 1. The fourth-order valence-corrected chi connectivity index (χ4v) is 1.84. The fraction of sp³-hybridized carbons (Fsp3) is 0.909. The molecular formula is C11H22N2O. The molecule has 0 spiro atoms. The number of carbonyl (C=O) groups is 1. The van der Waals surface area contributed by atoms with Gasteiger partial charge in [-0.1, -0.05) is 6.92 Å². The van der Waals surface area contributed by atoms with E-state index in [1.54, 1.807) is 0 Å². The Labute approximate surface area is 86.9 Å². The van der Waals surface area contributed by atoms with Crippen molar-refractivity contribution in [3.8, 4) is 0 Å². The minimum atomic E-state index is 0.211. The van der Waals surface area contributed by atoms with Crippen LogP contribution in [0.2, 0.25) is 0 Å². The summed E-state index contributed by atoms with van der Waals surface area (Å²) in [6.45, 7) is 6.21. The average Bonchev–Trinajstić information content (AvgIpc) is 2.17. The van der Waals surface area contributed by atoms with Crippen LogP contribution in [0.1, 0.15) is 33.1 Å². The molecule has 0 unspecified atom stereocenters. The molecule has 3 nitrogen and oxygen atoms in total. The zero-order valence-corrected chi connectivity index (χ0v) is 9.55. The second kappa shape index (κ2) is 5.35. The number of nitrogens with zero attached hydrogens (tertiary/aromatic N) is 1. The van der Waals surface area contributed by atoms with Crippen molar-refractivity contribution in [3.63, 3.8) is 0 Å². The quantitative estimate of drug-likeness (QED) is 0.740. The highest BCUT2D eigenvalue weighted by atomic mass is 16.2. The van der Waals surface area contributed by atoms with E-state index >= 15 is 0 Å². The van der Waals surface area contributed by atoms with Gasteiger partial charge in [0, 0.05) is 12.6 Å². The molecule has 1 aliphatic rings. The maximum absolute atomic E-state index is 11.8. The second-order valence-electron chi connectivity index (χ2n) is 4.42. The van der Waals surface area contributed by atoms with Gasteiger partial charge in [0.1, 0.15) is 0 Å². The van der Waals surface area contributed by atoms with E-state index in [4.69, 9.17) is 0 Å². The molecule has 1 rings (SSSR count). The van der Waals surface area contributed by atoms with Gasteiger partial charge in [-0.2, -0.15) is 0 Å². The molecule has 0 radical (unpaired) electrons. The van der Waals surface area contributed by atoms with Crippen molar-refractivity contribution in [3.05, 3.63) is 0 Å². The molecule has 1 amide bonds. The molecule has 1 N–H and O–H groups in total. The lowest BCUT2D eigenvalue weighted by molar-refractivity contribution is -0.127. The van der Waals surface area contributed by atoms with Gasteiger partial charge in [0.05, 0.1) is 5.92 Å². The van der Waals surface area contributed by atoms with Crippen LogP contribution in [0.3, 0.4) is 0 Å². The van der Waals surface area contributed by atoms with Crippen molar-refractivity contribution in [1.29, 1.82) is 0 Å². The van der Waals surface area contributed by atoms with Crippen molar-refractivity contribution >= 4 is 5.91 Å². The zero-order valence-electron chi connectivity index (χ0n) is 9.55. The highest BCUT2D eigenvalue weighted by Gasteiger charge is 2.24. The van der Waals surface area contributed by atoms with Gasteiger partial charge in [0.15, 0.2) is 0 Å². The first-order chi connectivity index (χ1) is 6.63. The van der Waals surface area contributed by atoms with Gasteiger partial charge in [-0.05, 0) is 39.8 Å². The van der Waals surface area contributed by atoms with E-state index in [-0.39, 0.29) is 11.8 Å². The van der Waals surface area contributed by atoms with E-state index < -0.39 is 0 Å². The molecule has 1 saturated heterocycles. The third-order valence-corrected chi connectivity index (χ3v) is 3.00. The number of hydrogen-bond acceptors (Lipinski definition) is 2. The molecule has 0 aromatic heterocycles. The van der Waals surface area contributed by atoms with Crippen molar-refractivity contribution in [2.75, 3.05) is 20.1 Å². The molecule has 82 valence electrons. The Morgan fingerprint density at radius 3 is 2.93 bits per heavy atom. The minimum Gasteiger partial charge on any atom is -0.353 e. The SMILES string of the molecule is CC[C@@H](C)NC(=O)[C@H]1CCCN(C)C1. The van der Waals surface area contributed by atoms with Crippen molar-refractivity contribution in [2.45, 2.75) is 39.2 Å². The molecule has 14 heavy (non-hydrogen) atoms. The second-order valence-corrected chi connectivity index (χ2v) is 4.42. The summed E-state index contributed by atoms with van der Waals surface area (Å²) >= 11 is 0. The van der Waals surface area contributed by atoms with Gasteiger partial charge in [-0.3, -0.25) is 4.79 Å². The summed E-state index contributed by atoms with van der Waals surface area (Å²) in [7, 11) is 2.09. The predicted octanol–water partition coefficient (Wildman–Crippen LogP) is 1.24. The van der Waals surface area contributed by atoms with E-state index in [0.29, 0.717) is 6.04 Å². The molecule has 0 aromatic carbocycles. The molecule has 0 bridgehead atoms. The van der Waals surface area contributed by atoms with Gasteiger partial charge in [0.2, 0.25) is 5.91 Å². The maximum Gasteiger partial charge on any atom is 0.224 e. The third-order valence-electron chi connectivity index (χ3n) is 3.00. The van der Waals surface area contributed by atoms with Crippen LogP contribution in [-0.2, 0) is 4.79 Å². The van der Waals surface area contributed by atoms with Crippen molar-refractivity contribution in [1.82, 2.24) is 10.2 Å². The van der Waals surface area contributed by atoms with E-state index in [1.807, 2.05) is 0 Å². The molecule has 0 aliphatic carbocycles. The molecule has 3 heteroatoms. The van der Waals surface area contributed by atoms with Crippen LogP contribution in [0.4, 0.5) is 0 Å². The maximum atomic E-state index is 11.8. The normalized spacial score (nSPS) is 25.8. The molecule has 1 aliphatic heterocycles. The van der Waals surface area contributed by atoms with E-state index in [2.05, 4.69) is 31.1 Å². The van der Waals surface area contributed by atoms with Gasteiger partial charge < -0.3 is 10.2 Å². The molecule has 1 fully saturated rings. The molecule has 0 saturated carbocycles. The van der Waals surface area contributed by atoms with E-state index in [1.165, 1.54) is 0 Å². The standard InChI is InChI=1S/C11H22N2O/c1-4-9(2)12-11(14)10-6-5-7-13(3)8-10/h9-10H,4-8H2,1-3H3,(H,12,14)/t9-,10+/m1/s1. The smallest absolute Gasteiger partial charge is 0.224 e. The highest BCUT2D eigenvalue weighted by Crippen LogP contribution is 2.15. The molecule has 1 heterocycles. The number of piperidine rings is 1. The Kier molecular flexibility index (Phi) is 4.39. The number of rotatable bonds is 3. The first-order valence-corrected chi connectivity index (χ1v) is 5.62. The van der Waals surface area contributed by atoms with Gasteiger partial charge in [0.25, 0.3) is 0 Å². The molecule has 2 atom stereocenters. The number of amides is 1. The molecular weight excluding hydrogens is 176 g/mol. The van der Waals surface area contributed by atoms with E-state index in [9.17, 15) is 4.79 Å². The van der Waals surface area contributed by atoms with E-state index in [0.717, 1.165) is 32.4 Å². The van der Waals surface area contributed by atoms with Crippen LogP contribution >= 0.6 is 0 Å². The van der Waals surface area contributed by atoms with Gasteiger partial charge in [-0.25, -0.2) is 0 Å². The summed E-state index contributed by atoms with van der Waals surface area (Å²) in [4.78, 5) is 14.0. The van der Waals surface area contributed by atoms with Gasteiger partial charge in [-0.15, -0.1) is 0 Å². The summed E-state index contributed by atoms with van der Waals surface area (Å²) < 4.78 is 0.